The van der Waals surface area contributed by atoms with E-state index in [4.69, 9.17) is 20.9 Å². The molecule has 2 rings (SSSR count). The molecular formula is C6H14Cl2N2O2. The molecule has 0 radical (unpaired) electrons. The summed E-state index contributed by atoms with van der Waals surface area (Å²) >= 11 is 0. The lowest BCUT2D eigenvalue weighted by Gasteiger charge is -2.10. The molecule has 2 heterocycles. The van der Waals surface area contributed by atoms with Crippen LogP contribution in [0.3, 0.4) is 0 Å². The first-order valence-corrected chi connectivity index (χ1v) is 3.53. The molecule has 2 aliphatic heterocycles. The number of ether oxygens (including phenoxy) is 2. The average molecular weight is 217 g/mol. The molecule has 0 amide bonds. The summed E-state index contributed by atoms with van der Waals surface area (Å²) in [7, 11) is 0. The van der Waals surface area contributed by atoms with Crippen molar-refractivity contribution in [3.05, 3.63) is 0 Å². The number of hydrogen-bond donors (Lipinski definition) is 2. The fourth-order valence-electron chi connectivity index (χ4n) is 1.56. The SMILES string of the molecule is Cl.Cl.N[C@@H]1CO[C@@H]2[C@@H]1OC[C@@H]2N. The molecule has 0 aromatic rings. The van der Waals surface area contributed by atoms with Gasteiger partial charge in [-0.15, -0.1) is 24.8 Å². The Balaban J connectivity index is 0.000000605. The van der Waals surface area contributed by atoms with Gasteiger partial charge in [0.2, 0.25) is 0 Å². The second-order valence-corrected chi connectivity index (χ2v) is 2.92. The molecule has 12 heavy (non-hydrogen) atoms. The minimum Gasteiger partial charge on any atom is -0.372 e. The summed E-state index contributed by atoms with van der Waals surface area (Å²) < 4.78 is 10.7. The van der Waals surface area contributed by atoms with Gasteiger partial charge < -0.3 is 20.9 Å². The highest BCUT2D eigenvalue weighted by Crippen LogP contribution is 2.24. The van der Waals surface area contributed by atoms with Gasteiger partial charge in [-0.3, -0.25) is 0 Å². The maximum Gasteiger partial charge on any atom is 0.103 e. The molecule has 0 unspecified atom stereocenters. The van der Waals surface area contributed by atoms with E-state index in [1.807, 2.05) is 0 Å². The molecule has 2 fully saturated rings. The van der Waals surface area contributed by atoms with Gasteiger partial charge in [-0.2, -0.15) is 0 Å². The Morgan fingerprint density at radius 2 is 1.17 bits per heavy atom. The van der Waals surface area contributed by atoms with Crippen LogP contribution in [0.2, 0.25) is 0 Å². The van der Waals surface area contributed by atoms with Crippen LogP contribution in [0.4, 0.5) is 0 Å². The Hall–Kier alpha value is 0.420. The Morgan fingerprint density at radius 1 is 0.833 bits per heavy atom. The summed E-state index contributed by atoms with van der Waals surface area (Å²) in [5.74, 6) is 0. The molecule has 2 saturated heterocycles. The van der Waals surface area contributed by atoms with Crippen molar-refractivity contribution in [2.24, 2.45) is 11.5 Å². The molecule has 0 saturated carbocycles. The predicted molar refractivity (Wildman–Crippen MR) is 49.9 cm³/mol. The summed E-state index contributed by atoms with van der Waals surface area (Å²) in [5, 5.41) is 0. The van der Waals surface area contributed by atoms with E-state index in [1.54, 1.807) is 0 Å². The third-order valence-corrected chi connectivity index (χ3v) is 2.13. The van der Waals surface area contributed by atoms with E-state index in [2.05, 4.69) is 0 Å². The van der Waals surface area contributed by atoms with E-state index in [1.165, 1.54) is 0 Å². The fourth-order valence-corrected chi connectivity index (χ4v) is 1.56. The maximum atomic E-state index is 5.68. The van der Waals surface area contributed by atoms with Gasteiger partial charge >= 0.3 is 0 Å². The maximum absolute atomic E-state index is 5.68. The van der Waals surface area contributed by atoms with E-state index < -0.39 is 0 Å². The van der Waals surface area contributed by atoms with Crippen LogP contribution in [-0.4, -0.2) is 37.5 Å². The van der Waals surface area contributed by atoms with Gasteiger partial charge in [-0.05, 0) is 0 Å². The second kappa shape index (κ2) is 4.60. The molecule has 0 bridgehead atoms. The van der Waals surface area contributed by atoms with Gasteiger partial charge in [0.1, 0.15) is 12.2 Å². The molecule has 0 aliphatic carbocycles. The highest BCUT2D eigenvalue weighted by atomic mass is 35.5. The molecule has 74 valence electrons. The summed E-state index contributed by atoms with van der Waals surface area (Å²) in [6, 6.07) is 0.0529. The molecule has 4 nitrogen and oxygen atoms in total. The summed E-state index contributed by atoms with van der Waals surface area (Å²) in [6.45, 7) is 1.17. The first-order valence-electron chi connectivity index (χ1n) is 3.53. The van der Waals surface area contributed by atoms with Crippen molar-refractivity contribution in [2.75, 3.05) is 13.2 Å². The fraction of sp³-hybridized carbons (Fsp3) is 1.00. The lowest BCUT2D eigenvalue weighted by Crippen LogP contribution is -2.39. The zero-order valence-corrected chi connectivity index (χ0v) is 8.14. The predicted octanol–water partition coefficient (Wildman–Crippen LogP) is -0.718. The number of rotatable bonds is 0. The van der Waals surface area contributed by atoms with Gasteiger partial charge in [0, 0.05) is 0 Å². The molecule has 4 N–H and O–H groups in total. The first-order chi connectivity index (χ1) is 4.79. The Bertz CT molecular complexity index is 134. The van der Waals surface area contributed by atoms with Crippen LogP contribution in [-0.2, 0) is 9.47 Å². The Labute approximate surface area is 83.8 Å². The average Bonchev–Trinajstić information content (AvgIpc) is 2.41. The minimum absolute atomic E-state index is 0. The van der Waals surface area contributed by atoms with Gasteiger partial charge in [-0.25, -0.2) is 0 Å². The standard InChI is InChI=1S/C6H12N2O2.2ClH/c7-3-1-9-6-4(8)2-10-5(3)6;;/h3-6H,1-2,7-8H2;2*1H/t3-,4+,5-,6+;;. The van der Waals surface area contributed by atoms with Crippen molar-refractivity contribution in [3.8, 4) is 0 Å². The number of fused-ring (bicyclic) bond motifs is 1. The van der Waals surface area contributed by atoms with Crippen molar-refractivity contribution in [1.82, 2.24) is 0 Å². The Morgan fingerprint density at radius 3 is 1.50 bits per heavy atom. The van der Waals surface area contributed by atoms with Crippen LogP contribution in [0.25, 0.3) is 0 Å². The molecular weight excluding hydrogens is 203 g/mol. The monoisotopic (exact) mass is 216 g/mol. The van der Waals surface area contributed by atoms with Crippen LogP contribution in [0.1, 0.15) is 0 Å². The quantitative estimate of drug-likeness (QED) is 0.561. The third-order valence-electron chi connectivity index (χ3n) is 2.13. The first kappa shape index (κ1) is 12.4. The minimum atomic E-state index is 0. The zero-order valence-electron chi connectivity index (χ0n) is 6.51. The van der Waals surface area contributed by atoms with Crippen LogP contribution in [0, 0.1) is 0 Å². The van der Waals surface area contributed by atoms with Gasteiger partial charge in [0.05, 0.1) is 25.3 Å². The van der Waals surface area contributed by atoms with Crippen LogP contribution >= 0.6 is 24.8 Å². The molecule has 0 spiro atoms. The van der Waals surface area contributed by atoms with Crippen molar-refractivity contribution in [3.63, 3.8) is 0 Å². The number of hydrogen-bond acceptors (Lipinski definition) is 4. The highest BCUT2D eigenvalue weighted by molar-refractivity contribution is 5.85. The normalized spacial score (nSPS) is 44.5. The lowest BCUT2D eigenvalue weighted by molar-refractivity contribution is 0.0691. The molecule has 0 aromatic carbocycles. The molecule has 4 atom stereocenters. The largest absolute Gasteiger partial charge is 0.372 e. The number of halogens is 2. The zero-order chi connectivity index (χ0) is 7.14. The van der Waals surface area contributed by atoms with Crippen LogP contribution in [0.15, 0.2) is 0 Å². The molecule has 6 heteroatoms. The summed E-state index contributed by atoms with van der Waals surface area (Å²) in [5.41, 5.74) is 11.4. The van der Waals surface area contributed by atoms with E-state index in [9.17, 15) is 0 Å². The van der Waals surface area contributed by atoms with Crippen molar-refractivity contribution >= 4 is 24.8 Å². The molecule has 2 aliphatic rings. The third kappa shape index (κ3) is 1.84. The van der Waals surface area contributed by atoms with Crippen LogP contribution < -0.4 is 11.5 Å². The highest BCUT2D eigenvalue weighted by Gasteiger charge is 2.44. The smallest absolute Gasteiger partial charge is 0.103 e. The van der Waals surface area contributed by atoms with Gasteiger partial charge in [-0.1, -0.05) is 0 Å². The second-order valence-electron chi connectivity index (χ2n) is 2.92. The lowest BCUT2D eigenvalue weighted by atomic mass is 10.1. The van der Waals surface area contributed by atoms with E-state index in [0.29, 0.717) is 13.2 Å². The molecule has 0 aromatic heterocycles. The van der Waals surface area contributed by atoms with E-state index in [0.717, 1.165) is 0 Å². The van der Waals surface area contributed by atoms with Crippen molar-refractivity contribution < 1.29 is 9.47 Å². The van der Waals surface area contributed by atoms with Gasteiger partial charge in [0.15, 0.2) is 0 Å². The topological polar surface area (TPSA) is 70.5 Å². The van der Waals surface area contributed by atoms with E-state index >= 15 is 0 Å². The summed E-state index contributed by atoms with van der Waals surface area (Å²) in [4.78, 5) is 0. The summed E-state index contributed by atoms with van der Waals surface area (Å²) in [6.07, 6.45) is 0.102. The number of nitrogens with two attached hydrogens (primary N) is 2. The van der Waals surface area contributed by atoms with E-state index in [-0.39, 0.29) is 49.1 Å². The van der Waals surface area contributed by atoms with Crippen molar-refractivity contribution in [2.45, 2.75) is 24.3 Å². The van der Waals surface area contributed by atoms with Gasteiger partial charge in [0.25, 0.3) is 0 Å². The van der Waals surface area contributed by atoms with Crippen molar-refractivity contribution in [1.29, 1.82) is 0 Å². The Kier molecular flexibility index (Phi) is 4.76. The van der Waals surface area contributed by atoms with Crippen LogP contribution in [0.5, 0.6) is 0 Å².